The molecule has 0 aliphatic carbocycles. The smallest absolute Gasteiger partial charge is 0.126 e. The standard InChI is InChI=1S/C11H17ClN2/c1-11(2,3)9(8-12)14-10-6-4-5-7-13-10/h4-7,9H,8H2,1-3H3,(H,13,14). The molecule has 0 fully saturated rings. The summed E-state index contributed by atoms with van der Waals surface area (Å²) in [4.78, 5) is 4.21. The van der Waals surface area contributed by atoms with Gasteiger partial charge in [0.2, 0.25) is 0 Å². The Bertz CT molecular complexity index is 266. The number of nitrogens with one attached hydrogen (secondary N) is 1. The molecule has 0 saturated heterocycles. The van der Waals surface area contributed by atoms with E-state index in [1.54, 1.807) is 6.20 Å². The summed E-state index contributed by atoms with van der Waals surface area (Å²) in [6, 6.07) is 6.05. The Morgan fingerprint density at radius 3 is 2.57 bits per heavy atom. The van der Waals surface area contributed by atoms with Crippen LogP contribution < -0.4 is 5.32 Å². The van der Waals surface area contributed by atoms with Crippen LogP contribution in [0.25, 0.3) is 0 Å². The average Bonchev–Trinajstić information content (AvgIpc) is 2.14. The molecule has 1 heterocycles. The number of aromatic nitrogens is 1. The first kappa shape index (κ1) is 11.3. The Morgan fingerprint density at radius 2 is 2.14 bits per heavy atom. The summed E-state index contributed by atoms with van der Waals surface area (Å²) in [5.74, 6) is 1.47. The van der Waals surface area contributed by atoms with E-state index >= 15 is 0 Å². The number of rotatable bonds is 3. The maximum atomic E-state index is 5.91. The molecule has 0 amide bonds. The molecule has 0 saturated carbocycles. The zero-order valence-corrected chi connectivity index (χ0v) is 9.67. The van der Waals surface area contributed by atoms with Gasteiger partial charge in [-0.25, -0.2) is 4.98 Å². The predicted octanol–water partition coefficient (Wildman–Crippen LogP) is 3.15. The number of halogens is 1. The molecule has 2 nitrogen and oxygen atoms in total. The summed E-state index contributed by atoms with van der Waals surface area (Å²) in [7, 11) is 0. The lowest BCUT2D eigenvalue weighted by molar-refractivity contribution is 0.361. The van der Waals surface area contributed by atoms with E-state index in [2.05, 4.69) is 31.1 Å². The summed E-state index contributed by atoms with van der Waals surface area (Å²) < 4.78 is 0. The maximum absolute atomic E-state index is 5.91. The van der Waals surface area contributed by atoms with Crippen molar-refractivity contribution in [2.45, 2.75) is 26.8 Å². The van der Waals surface area contributed by atoms with Crippen molar-refractivity contribution in [1.29, 1.82) is 0 Å². The molecule has 1 unspecified atom stereocenters. The molecule has 0 spiro atoms. The third kappa shape index (κ3) is 3.18. The highest BCUT2D eigenvalue weighted by Gasteiger charge is 2.23. The molecule has 0 aliphatic rings. The second-order valence-electron chi connectivity index (χ2n) is 4.43. The van der Waals surface area contributed by atoms with Crippen molar-refractivity contribution in [2.75, 3.05) is 11.2 Å². The van der Waals surface area contributed by atoms with Crippen LogP contribution in [0.1, 0.15) is 20.8 Å². The van der Waals surface area contributed by atoms with Gasteiger partial charge in [-0.05, 0) is 17.5 Å². The van der Waals surface area contributed by atoms with Crippen LogP contribution in [-0.4, -0.2) is 16.9 Å². The Labute approximate surface area is 90.7 Å². The molecule has 0 aromatic carbocycles. The normalized spacial score (nSPS) is 13.7. The molecule has 1 aromatic heterocycles. The quantitative estimate of drug-likeness (QED) is 0.779. The van der Waals surface area contributed by atoms with E-state index in [0.29, 0.717) is 5.88 Å². The van der Waals surface area contributed by atoms with Gasteiger partial charge in [0.1, 0.15) is 5.82 Å². The fourth-order valence-corrected chi connectivity index (χ4v) is 1.65. The van der Waals surface area contributed by atoms with E-state index in [-0.39, 0.29) is 11.5 Å². The Kier molecular flexibility index (Phi) is 3.76. The summed E-state index contributed by atoms with van der Waals surface area (Å²) in [5.41, 5.74) is 0.138. The summed E-state index contributed by atoms with van der Waals surface area (Å²) in [5, 5.41) is 3.33. The molecule has 1 aromatic rings. The highest BCUT2D eigenvalue weighted by atomic mass is 35.5. The minimum Gasteiger partial charge on any atom is -0.366 e. The Hall–Kier alpha value is -0.760. The van der Waals surface area contributed by atoms with Crippen molar-refractivity contribution < 1.29 is 0 Å². The molecule has 1 atom stereocenters. The lowest BCUT2D eigenvalue weighted by Crippen LogP contribution is -2.35. The summed E-state index contributed by atoms with van der Waals surface area (Å²) in [6.07, 6.45) is 1.77. The van der Waals surface area contributed by atoms with Gasteiger partial charge in [-0.3, -0.25) is 0 Å². The average molecular weight is 213 g/mol. The van der Waals surface area contributed by atoms with Gasteiger partial charge >= 0.3 is 0 Å². The largest absolute Gasteiger partial charge is 0.366 e. The van der Waals surface area contributed by atoms with Gasteiger partial charge in [0, 0.05) is 18.1 Å². The van der Waals surface area contributed by atoms with Crippen LogP contribution in [0, 0.1) is 5.41 Å². The van der Waals surface area contributed by atoms with Gasteiger partial charge in [-0.2, -0.15) is 0 Å². The Morgan fingerprint density at radius 1 is 1.43 bits per heavy atom. The third-order valence-electron chi connectivity index (χ3n) is 2.19. The van der Waals surface area contributed by atoms with Crippen molar-refractivity contribution in [2.24, 2.45) is 5.41 Å². The number of anilines is 1. The number of hydrogen-bond acceptors (Lipinski definition) is 2. The molecule has 1 rings (SSSR count). The fourth-order valence-electron chi connectivity index (χ4n) is 1.11. The van der Waals surface area contributed by atoms with Gasteiger partial charge in [0.05, 0.1) is 0 Å². The minimum absolute atomic E-state index is 0.138. The van der Waals surface area contributed by atoms with E-state index in [1.807, 2.05) is 18.2 Å². The molecule has 0 radical (unpaired) electrons. The minimum atomic E-state index is 0.138. The first-order valence-corrected chi connectivity index (χ1v) is 5.31. The van der Waals surface area contributed by atoms with Crippen LogP contribution in [0.4, 0.5) is 5.82 Å². The number of alkyl halides is 1. The molecule has 0 aliphatic heterocycles. The lowest BCUT2D eigenvalue weighted by atomic mass is 9.88. The van der Waals surface area contributed by atoms with Crippen molar-refractivity contribution in [1.82, 2.24) is 4.98 Å². The van der Waals surface area contributed by atoms with Crippen molar-refractivity contribution in [3.05, 3.63) is 24.4 Å². The highest BCUT2D eigenvalue weighted by Crippen LogP contribution is 2.23. The van der Waals surface area contributed by atoms with Gasteiger partial charge in [-0.15, -0.1) is 11.6 Å². The molecule has 3 heteroatoms. The van der Waals surface area contributed by atoms with Crippen LogP contribution in [-0.2, 0) is 0 Å². The van der Waals surface area contributed by atoms with Crippen molar-refractivity contribution in [3.8, 4) is 0 Å². The van der Waals surface area contributed by atoms with E-state index in [1.165, 1.54) is 0 Å². The summed E-state index contributed by atoms with van der Waals surface area (Å²) in [6.45, 7) is 6.49. The molecular formula is C11H17ClN2. The number of hydrogen-bond donors (Lipinski definition) is 1. The third-order valence-corrected chi connectivity index (χ3v) is 2.50. The first-order valence-electron chi connectivity index (χ1n) is 4.77. The monoisotopic (exact) mass is 212 g/mol. The zero-order chi connectivity index (χ0) is 10.6. The van der Waals surface area contributed by atoms with Crippen molar-refractivity contribution in [3.63, 3.8) is 0 Å². The van der Waals surface area contributed by atoms with Crippen LogP contribution in [0.15, 0.2) is 24.4 Å². The second kappa shape index (κ2) is 4.65. The molecular weight excluding hydrogens is 196 g/mol. The van der Waals surface area contributed by atoms with Crippen LogP contribution >= 0.6 is 11.6 Å². The van der Waals surface area contributed by atoms with Gasteiger partial charge in [0.15, 0.2) is 0 Å². The number of nitrogens with zero attached hydrogens (tertiary/aromatic N) is 1. The van der Waals surface area contributed by atoms with Crippen LogP contribution in [0.5, 0.6) is 0 Å². The number of pyridine rings is 1. The van der Waals surface area contributed by atoms with Gasteiger partial charge in [0.25, 0.3) is 0 Å². The van der Waals surface area contributed by atoms with E-state index < -0.39 is 0 Å². The van der Waals surface area contributed by atoms with Gasteiger partial charge < -0.3 is 5.32 Å². The van der Waals surface area contributed by atoms with Crippen LogP contribution in [0.2, 0.25) is 0 Å². The van der Waals surface area contributed by atoms with Crippen LogP contribution in [0.3, 0.4) is 0 Å². The zero-order valence-electron chi connectivity index (χ0n) is 8.92. The highest BCUT2D eigenvalue weighted by molar-refractivity contribution is 6.18. The van der Waals surface area contributed by atoms with Crippen molar-refractivity contribution >= 4 is 17.4 Å². The molecule has 78 valence electrons. The topological polar surface area (TPSA) is 24.9 Å². The van der Waals surface area contributed by atoms with E-state index in [4.69, 9.17) is 11.6 Å². The molecule has 14 heavy (non-hydrogen) atoms. The van der Waals surface area contributed by atoms with E-state index in [9.17, 15) is 0 Å². The lowest BCUT2D eigenvalue weighted by Gasteiger charge is -2.30. The van der Waals surface area contributed by atoms with Gasteiger partial charge in [-0.1, -0.05) is 26.8 Å². The van der Waals surface area contributed by atoms with E-state index in [0.717, 1.165) is 5.82 Å². The second-order valence-corrected chi connectivity index (χ2v) is 4.74. The predicted molar refractivity (Wildman–Crippen MR) is 61.8 cm³/mol. The maximum Gasteiger partial charge on any atom is 0.126 e. The molecule has 0 bridgehead atoms. The first-order chi connectivity index (χ1) is 6.54. The fraction of sp³-hybridized carbons (Fsp3) is 0.545. The Balaban J connectivity index is 2.67. The molecule has 1 N–H and O–H groups in total. The summed E-state index contributed by atoms with van der Waals surface area (Å²) >= 11 is 5.91. The SMILES string of the molecule is CC(C)(C)C(CCl)Nc1ccccn1.